The number of hydrogen-bond acceptors (Lipinski definition) is 3. The van der Waals surface area contributed by atoms with Crippen molar-refractivity contribution in [2.24, 2.45) is 29.1 Å². The molecule has 0 aromatic heterocycles. The maximum Gasteiger partial charge on any atom is 0.131 e. The highest BCUT2D eigenvalue weighted by Crippen LogP contribution is 2.68. The zero-order chi connectivity index (χ0) is 18.9. The van der Waals surface area contributed by atoms with Crippen LogP contribution in [0.15, 0.2) is 23.8 Å². The van der Waals surface area contributed by atoms with E-state index in [0.29, 0.717) is 27.8 Å². The van der Waals surface area contributed by atoms with Crippen LogP contribution in [-0.4, -0.2) is 26.3 Å². The Morgan fingerprint density at radius 1 is 1.26 bits per heavy atom. The average molecular weight is 401 g/mol. The van der Waals surface area contributed by atoms with E-state index in [-0.39, 0.29) is 5.41 Å². The molecule has 5 rings (SSSR count). The van der Waals surface area contributed by atoms with Gasteiger partial charge in [-0.05, 0) is 75.0 Å². The predicted molar refractivity (Wildman–Crippen MR) is 118 cm³/mol. The number of thioether (sulfide) groups is 2. The summed E-state index contributed by atoms with van der Waals surface area (Å²) in [6.45, 7) is 6.85. The molecule has 6 atom stereocenters. The van der Waals surface area contributed by atoms with Gasteiger partial charge in [-0.2, -0.15) is 0 Å². The lowest BCUT2D eigenvalue weighted by Crippen LogP contribution is -2.54. The summed E-state index contributed by atoms with van der Waals surface area (Å²) in [6.07, 6.45) is 17.5. The van der Waals surface area contributed by atoms with E-state index in [4.69, 9.17) is 6.42 Å². The molecule has 3 unspecified atom stereocenters. The highest BCUT2D eigenvalue weighted by Gasteiger charge is 2.64. The van der Waals surface area contributed by atoms with Crippen LogP contribution in [0.25, 0.3) is 0 Å². The fourth-order valence-electron chi connectivity index (χ4n) is 7.74. The second kappa shape index (κ2) is 6.35. The zero-order valence-corrected chi connectivity index (χ0v) is 18.1. The second-order valence-corrected chi connectivity index (χ2v) is 12.7. The lowest BCUT2D eigenvalue weighted by atomic mass is 9.48. The normalized spacial score (nSPS) is 47.7. The Morgan fingerprint density at radius 2 is 2.04 bits per heavy atom. The van der Waals surface area contributed by atoms with Crippen LogP contribution in [-0.2, 0) is 0 Å². The molecule has 1 spiro atoms. The molecule has 3 heteroatoms. The van der Waals surface area contributed by atoms with Crippen molar-refractivity contribution in [2.75, 3.05) is 11.5 Å². The largest absolute Gasteiger partial charge is 0.377 e. The van der Waals surface area contributed by atoms with E-state index in [1.807, 2.05) is 0 Å². The van der Waals surface area contributed by atoms with Crippen molar-refractivity contribution < 1.29 is 5.11 Å². The summed E-state index contributed by atoms with van der Waals surface area (Å²) in [6, 6.07) is 0. The standard InChI is InChI=1S/C24H32OS2/c1-4-22-14-16(3)21-18-8-11-24(26-12-13-27-24)15-17(18)6-7-19(21)20(22)9-10-23(22,25)5-2/h2,15,18-21,25H,3-4,6-14H2,1H3/t18-,19?,20?,21?,22+,23+/m1/s1. The van der Waals surface area contributed by atoms with Gasteiger partial charge in [0.05, 0.1) is 4.08 Å². The number of allylic oxidation sites excluding steroid dienone is 2. The number of fused-ring (bicyclic) bond motifs is 5. The fourth-order valence-corrected chi connectivity index (χ4v) is 10.9. The van der Waals surface area contributed by atoms with Gasteiger partial charge in [-0.15, -0.1) is 29.9 Å². The third kappa shape index (κ3) is 2.45. The zero-order valence-electron chi connectivity index (χ0n) is 16.5. The van der Waals surface area contributed by atoms with Gasteiger partial charge >= 0.3 is 0 Å². The monoisotopic (exact) mass is 400 g/mol. The molecule has 1 saturated heterocycles. The van der Waals surface area contributed by atoms with Gasteiger partial charge < -0.3 is 5.11 Å². The summed E-state index contributed by atoms with van der Waals surface area (Å²) in [5.41, 5.74) is 2.07. The van der Waals surface area contributed by atoms with E-state index in [2.05, 4.69) is 49.0 Å². The average Bonchev–Trinajstić information content (AvgIpc) is 3.25. The Kier molecular flexibility index (Phi) is 4.40. The van der Waals surface area contributed by atoms with E-state index in [1.54, 1.807) is 5.57 Å². The molecule has 4 aliphatic carbocycles. The van der Waals surface area contributed by atoms with E-state index in [9.17, 15) is 5.11 Å². The summed E-state index contributed by atoms with van der Waals surface area (Å²) in [5, 5.41) is 11.3. The Morgan fingerprint density at radius 3 is 2.74 bits per heavy atom. The molecule has 4 fully saturated rings. The SMILES string of the molecule is C#C[C@]1(O)CCC2C3CCC4=CC5(CC[C@H]4C3C(=C)C[C@@]21CC)SCCS5. The maximum atomic E-state index is 11.3. The highest BCUT2D eigenvalue weighted by molar-refractivity contribution is 8.21. The number of terminal acetylenes is 1. The van der Waals surface area contributed by atoms with Gasteiger partial charge in [0.1, 0.15) is 5.60 Å². The summed E-state index contributed by atoms with van der Waals surface area (Å²) >= 11 is 4.36. The molecular formula is C24H32OS2. The van der Waals surface area contributed by atoms with Gasteiger partial charge in [-0.3, -0.25) is 0 Å². The van der Waals surface area contributed by atoms with Gasteiger partial charge in [0.2, 0.25) is 0 Å². The highest BCUT2D eigenvalue weighted by atomic mass is 32.2. The lowest BCUT2D eigenvalue weighted by molar-refractivity contribution is -0.0789. The Hall–Kier alpha value is -0.300. The minimum atomic E-state index is -0.926. The fraction of sp³-hybridized carbons (Fsp3) is 0.750. The third-order valence-corrected chi connectivity index (χ3v) is 12.3. The Bertz CT molecular complexity index is 727. The van der Waals surface area contributed by atoms with Gasteiger partial charge in [-0.25, -0.2) is 0 Å². The maximum absolute atomic E-state index is 11.3. The number of aliphatic hydroxyl groups is 1. The Labute approximate surface area is 173 Å². The molecule has 0 bridgehead atoms. The molecular weight excluding hydrogens is 368 g/mol. The van der Waals surface area contributed by atoms with E-state index >= 15 is 0 Å². The van der Waals surface area contributed by atoms with Gasteiger partial charge in [0, 0.05) is 16.9 Å². The first-order valence-corrected chi connectivity index (χ1v) is 12.8. The minimum Gasteiger partial charge on any atom is -0.377 e. The molecule has 0 radical (unpaired) electrons. The molecule has 0 aromatic carbocycles. The van der Waals surface area contributed by atoms with Crippen molar-refractivity contribution in [1.82, 2.24) is 0 Å². The summed E-state index contributed by atoms with van der Waals surface area (Å²) < 4.78 is 0.388. The molecule has 0 amide bonds. The van der Waals surface area contributed by atoms with Crippen LogP contribution in [0.4, 0.5) is 0 Å². The van der Waals surface area contributed by atoms with Gasteiger partial charge in [0.25, 0.3) is 0 Å². The molecule has 5 aliphatic rings. The van der Waals surface area contributed by atoms with Crippen molar-refractivity contribution in [1.29, 1.82) is 0 Å². The second-order valence-electron chi connectivity index (χ2n) is 9.60. The third-order valence-electron chi connectivity index (χ3n) is 8.87. The van der Waals surface area contributed by atoms with Crippen LogP contribution < -0.4 is 0 Å². The molecule has 3 saturated carbocycles. The smallest absolute Gasteiger partial charge is 0.131 e. The van der Waals surface area contributed by atoms with Crippen molar-refractivity contribution >= 4 is 23.5 Å². The van der Waals surface area contributed by atoms with Crippen LogP contribution in [0.1, 0.15) is 58.3 Å². The molecule has 146 valence electrons. The van der Waals surface area contributed by atoms with Crippen molar-refractivity contribution in [2.45, 2.75) is 68.0 Å². The quantitative estimate of drug-likeness (QED) is 0.453. The predicted octanol–water partition coefficient (Wildman–Crippen LogP) is 5.66. The van der Waals surface area contributed by atoms with E-state index < -0.39 is 5.60 Å². The van der Waals surface area contributed by atoms with E-state index in [0.717, 1.165) is 25.7 Å². The van der Waals surface area contributed by atoms with Crippen LogP contribution in [0.2, 0.25) is 0 Å². The van der Waals surface area contributed by atoms with Crippen LogP contribution >= 0.6 is 23.5 Å². The Balaban J connectivity index is 1.49. The minimum absolute atomic E-state index is 0.131. The molecule has 1 N–H and O–H groups in total. The lowest BCUT2D eigenvalue weighted by Gasteiger charge is -2.57. The van der Waals surface area contributed by atoms with E-state index in [1.165, 1.54) is 42.8 Å². The summed E-state index contributed by atoms with van der Waals surface area (Å²) in [7, 11) is 0. The van der Waals surface area contributed by atoms with Gasteiger partial charge in [0.15, 0.2) is 0 Å². The first-order chi connectivity index (χ1) is 13.0. The van der Waals surface area contributed by atoms with Crippen molar-refractivity contribution in [3.63, 3.8) is 0 Å². The molecule has 27 heavy (non-hydrogen) atoms. The van der Waals surface area contributed by atoms with Crippen LogP contribution in [0, 0.1) is 41.4 Å². The summed E-state index contributed by atoms with van der Waals surface area (Å²) in [4.78, 5) is 0. The topological polar surface area (TPSA) is 20.2 Å². The van der Waals surface area contributed by atoms with Gasteiger partial charge in [-0.1, -0.05) is 36.6 Å². The van der Waals surface area contributed by atoms with Crippen LogP contribution in [0.3, 0.4) is 0 Å². The first kappa shape index (κ1) is 18.7. The van der Waals surface area contributed by atoms with Crippen molar-refractivity contribution in [3.05, 3.63) is 23.8 Å². The first-order valence-electron chi connectivity index (χ1n) is 10.8. The number of rotatable bonds is 1. The molecule has 0 aromatic rings. The number of hydrogen-bond donors (Lipinski definition) is 1. The molecule has 1 heterocycles. The summed E-state index contributed by atoms with van der Waals surface area (Å²) in [5.74, 6) is 8.04. The van der Waals surface area contributed by atoms with Crippen LogP contribution in [0.5, 0.6) is 0 Å². The van der Waals surface area contributed by atoms with Crippen molar-refractivity contribution in [3.8, 4) is 12.3 Å². The molecule has 1 aliphatic heterocycles. The molecule has 1 nitrogen and oxygen atoms in total.